The maximum Gasteiger partial charge on any atom is 0.182 e. The largest absolute Gasteiger partial charge is 0.497 e. The minimum atomic E-state index is -0.404. The number of nitrogens with one attached hydrogen (secondary N) is 3. The fraction of sp³-hybridized carbons (Fsp3) is 0.0526. The summed E-state index contributed by atoms with van der Waals surface area (Å²) in [4.78, 5) is 0. The number of anilines is 3. The number of halogens is 2. The van der Waals surface area contributed by atoms with E-state index in [2.05, 4.69) is 37.0 Å². The molecule has 0 aliphatic rings. The van der Waals surface area contributed by atoms with Crippen molar-refractivity contribution >= 4 is 56.2 Å². The van der Waals surface area contributed by atoms with Crippen LogP contribution in [0.4, 0.5) is 21.5 Å². The molecule has 150 valence electrons. The molecule has 0 unspecified atom stereocenters. The smallest absolute Gasteiger partial charge is 0.182 e. The zero-order valence-electron chi connectivity index (χ0n) is 15.1. The zero-order valence-corrected chi connectivity index (χ0v) is 17.5. The fourth-order valence-electron chi connectivity index (χ4n) is 2.39. The van der Waals surface area contributed by atoms with Crippen molar-refractivity contribution in [3.63, 3.8) is 0 Å². The SMILES string of the molecule is COc1ccc(NC(=S)Nc2cocc2/C(=N/O)Nc2ccc(F)c(Br)c2)cc1. The quantitative estimate of drug-likeness (QED) is 0.131. The van der Waals surface area contributed by atoms with Crippen molar-refractivity contribution in [1.82, 2.24) is 0 Å². The summed E-state index contributed by atoms with van der Waals surface area (Å²) in [6.07, 6.45) is 2.81. The Bertz CT molecular complexity index is 1040. The van der Waals surface area contributed by atoms with Gasteiger partial charge in [-0.2, -0.15) is 0 Å². The van der Waals surface area contributed by atoms with Crippen LogP contribution in [0.1, 0.15) is 5.56 Å². The van der Waals surface area contributed by atoms with Crippen LogP contribution in [-0.2, 0) is 0 Å². The maximum absolute atomic E-state index is 13.4. The number of oxime groups is 1. The van der Waals surface area contributed by atoms with Gasteiger partial charge in [0, 0.05) is 11.4 Å². The molecule has 10 heteroatoms. The molecule has 0 spiro atoms. The summed E-state index contributed by atoms with van der Waals surface area (Å²) in [6, 6.07) is 11.5. The summed E-state index contributed by atoms with van der Waals surface area (Å²) in [5.41, 5.74) is 2.17. The molecule has 4 N–H and O–H groups in total. The highest BCUT2D eigenvalue weighted by Gasteiger charge is 2.15. The number of nitrogens with zero attached hydrogens (tertiary/aromatic N) is 1. The van der Waals surface area contributed by atoms with Crippen molar-refractivity contribution < 1.29 is 18.8 Å². The Balaban J connectivity index is 1.71. The van der Waals surface area contributed by atoms with E-state index in [-0.39, 0.29) is 10.3 Å². The van der Waals surface area contributed by atoms with E-state index in [1.807, 2.05) is 12.1 Å². The Kier molecular flexibility index (Phi) is 6.68. The van der Waals surface area contributed by atoms with Crippen LogP contribution < -0.4 is 20.7 Å². The predicted molar refractivity (Wildman–Crippen MR) is 118 cm³/mol. The zero-order chi connectivity index (χ0) is 20.8. The third-order valence-corrected chi connectivity index (χ3v) is 4.61. The molecule has 2 aromatic carbocycles. The number of rotatable bonds is 5. The fourth-order valence-corrected chi connectivity index (χ4v) is 3.00. The highest BCUT2D eigenvalue weighted by Crippen LogP contribution is 2.23. The van der Waals surface area contributed by atoms with E-state index in [9.17, 15) is 9.60 Å². The van der Waals surface area contributed by atoms with E-state index in [0.29, 0.717) is 22.1 Å². The lowest BCUT2D eigenvalue weighted by molar-refractivity contribution is 0.319. The van der Waals surface area contributed by atoms with E-state index in [0.717, 1.165) is 11.4 Å². The normalized spacial score (nSPS) is 11.1. The van der Waals surface area contributed by atoms with Gasteiger partial charge in [-0.25, -0.2) is 4.39 Å². The first-order valence-electron chi connectivity index (χ1n) is 8.23. The van der Waals surface area contributed by atoms with Crippen molar-refractivity contribution in [1.29, 1.82) is 0 Å². The monoisotopic (exact) mass is 478 g/mol. The second-order valence-electron chi connectivity index (χ2n) is 5.71. The van der Waals surface area contributed by atoms with Crippen LogP contribution in [0.5, 0.6) is 5.75 Å². The van der Waals surface area contributed by atoms with Crippen molar-refractivity contribution in [2.24, 2.45) is 5.16 Å². The lowest BCUT2D eigenvalue weighted by Gasteiger charge is -2.12. The van der Waals surface area contributed by atoms with Gasteiger partial charge in [0.05, 0.1) is 22.8 Å². The predicted octanol–water partition coefficient (Wildman–Crippen LogP) is 5.25. The second-order valence-corrected chi connectivity index (χ2v) is 6.97. The summed E-state index contributed by atoms with van der Waals surface area (Å²) < 4.78 is 24.0. The third kappa shape index (κ3) is 5.24. The summed E-state index contributed by atoms with van der Waals surface area (Å²) in [5, 5.41) is 21.9. The highest BCUT2D eigenvalue weighted by molar-refractivity contribution is 9.10. The molecule has 0 atom stereocenters. The Hall–Kier alpha value is -3.11. The molecule has 0 fully saturated rings. The summed E-state index contributed by atoms with van der Waals surface area (Å²) in [5.74, 6) is 0.416. The van der Waals surface area contributed by atoms with Gasteiger partial charge in [-0.3, -0.25) is 0 Å². The van der Waals surface area contributed by atoms with Gasteiger partial charge in [0.1, 0.15) is 24.1 Å². The third-order valence-electron chi connectivity index (χ3n) is 3.80. The van der Waals surface area contributed by atoms with Crippen LogP contribution in [0.25, 0.3) is 0 Å². The Morgan fingerprint density at radius 3 is 2.48 bits per heavy atom. The maximum atomic E-state index is 13.4. The highest BCUT2D eigenvalue weighted by atomic mass is 79.9. The van der Waals surface area contributed by atoms with Gasteiger partial charge >= 0.3 is 0 Å². The first-order valence-corrected chi connectivity index (χ1v) is 9.43. The number of methoxy groups -OCH3 is 1. The number of hydrogen-bond acceptors (Lipinski definition) is 5. The van der Waals surface area contributed by atoms with Gasteiger partial charge in [-0.15, -0.1) is 0 Å². The lowest BCUT2D eigenvalue weighted by atomic mass is 10.2. The van der Waals surface area contributed by atoms with Crippen LogP contribution in [0.15, 0.2) is 69.0 Å². The Labute approximate surface area is 179 Å². The number of thiocarbonyl (C=S) groups is 1. The van der Waals surface area contributed by atoms with Crippen molar-refractivity contribution in [2.45, 2.75) is 0 Å². The van der Waals surface area contributed by atoms with E-state index >= 15 is 0 Å². The molecule has 0 amide bonds. The molecule has 3 rings (SSSR count). The molecule has 0 aliphatic heterocycles. The average molecular weight is 479 g/mol. The minimum Gasteiger partial charge on any atom is -0.497 e. The summed E-state index contributed by atoms with van der Waals surface area (Å²) in [7, 11) is 1.59. The lowest BCUT2D eigenvalue weighted by Crippen LogP contribution is -2.21. The van der Waals surface area contributed by atoms with Gasteiger partial charge < -0.3 is 30.3 Å². The van der Waals surface area contributed by atoms with Crippen LogP contribution in [0.3, 0.4) is 0 Å². The van der Waals surface area contributed by atoms with Crippen molar-refractivity contribution in [3.8, 4) is 5.75 Å². The van der Waals surface area contributed by atoms with Crippen LogP contribution in [0, 0.1) is 5.82 Å². The molecule has 0 aliphatic carbocycles. The van der Waals surface area contributed by atoms with Crippen molar-refractivity contribution in [3.05, 3.63) is 70.8 Å². The Morgan fingerprint density at radius 1 is 1.10 bits per heavy atom. The summed E-state index contributed by atoms with van der Waals surface area (Å²) in [6.45, 7) is 0. The topological polar surface area (TPSA) is 91.0 Å². The van der Waals surface area contributed by atoms with Crippen molar-refractivity contribution in [2.75, 3.05) is 23.1 Å². The van der Waals surface area contributed by atoms with E-state index < -0.39 is 5.82 Å². The van der Waals surface area contributed by atoms with E-state index in [1.165, 1.54) is 30.7 Å². The molecule has 1 heterocycles. The van der Waals surface area contributed by atoms with Crippen LogP contribution >= 0.6 is 28.1 Å². The standard InChI is InChI=1S/C19H16BrFN4O3S/c1-27-13-5-2-11(3-6-13)23-19(29)24-17-10-28-9-14(17)18(25-26)22-12-4-7-16(21)15(20)8-12/h2-10,26H,1H3,(H,22,25)(H2,23,24,29). The number of hydrogen-bond donors (Lipinski definition) is 4. The second kappa shape index (κ2) is 9.39. The Morgan fingerprint density at radius 2 is 1.83 bits per heavy atom. The number of ether oxygens (including phenoxy) is 1. The molecular formula is C19H16BrFN4O3S. The van der Waals surface area contributed by atoms with Gasteiger partial charge in [0.25, 0.3) is 0 Å². The average Bonchev–Trinajstić information content (AvgIpc) is 3.17. The molecule has 0 radical (unpaired) electrons. The number of furan rings is 1. The molecule has 0 saturated heterocycles. The van der Waals surface area contributed by atoms with E-state index in [1.54, 1.807) is 19.2 Å². The minimum absolute atomic E-state index is 0.0898. The van der Waals surface area contributed by atoms with Gasteiger partial charge in [0.15, 0.2) is 10.9 Å². The molecular weight excluding hydrogens is 463 g/mol. The molecule has 29 heavy (non-hydrogen) atoms. The molecule has 0 saturated carbocycles. The van der Waals surface area contributed by atoms with Crippen LogP contribution in [-0.4, -0.2) is 23.3 Å². The van der Waals surface area contributed by atoms with Gasteiger partial charge in [0.2, 0.25) is 0 Å². The molecule has 7 nitrogen and oxygen atoms in total. The van der Waals surface area contributed by atoms with E-state index in [4.69, 9.17) is 21.4 Å². The van der Waals surface area contributed by atoms with Gasteiger partial charge in [-0.1, -0.05) is 5.16 Å². The molecule has 0 bridgehead atoms. The number of benzene rings is 2. The van der Waals surface area contributed by atoms with Crippen LogP contribution in [0.2, 0.25) is 0 Å². The first-order chi connectivity index (χ1) is 14.0. The number of amidine groups is 1. The molecule has 1 aromatic heterocycles. The first kappa shape index (κ1) is 20.6. The van der Waals surface area contributed by atoms with Gasteiger partial charge in [-0.05, 0) is 70.6 Å². The molecule has 3 aromatic rings. The summed E-state index contributed by atoms with van der Waals surface area (Å²) >= 11 is 8.44.